The fourth-order valence-corrected chi connectivity index (χ4v) is 4.22. The van der Waals surface area contributed by atoms with Gasteiger partial charge in [-0.2, -0.15) is 0 Å². The minimum atomic E-state index is 0. The summed E-state index contributed by atoms with van der Waals surface area (Å²) in [6, 6.07) is 1.93. The molecule has 0 saturated carbocycles. The van der Waals surface area contributed by atoms with Crippen LogP contribution >= 0.6 is 35.3 Å². The molecule has 1 aliphatic heterocycles. The Morgan fingerprint density at radius 2 is 2.11 bits per heavy atom. The van der Waals surface area contributed by atoms with E-state index in [0.29, 0.717) is 0 Å². The summed E-state index contributed by atoms with van der Waals surface area (Å²) in [7, 11) is 1.85. The SMILES string of the molecule is CCc1nc(CCNC(=NC)N2CCN(Cc3ccon3)CC2)sc1C.I. The van der Waals surface area contributed by atoms with Crippen LogP contribution in [0.2, 0.25) is 0 Å². The van der Waals surface area contributed by atoms with E-state index in [1.54, 1.807) is 6.26 Å². The lowest BCUT2D eigenvalue weighted by Gasteiger charge is -2.36. The van der Waals surface area contributed by atoms with Gasteiger partial charge in [-0.25, -0.2) is 4.98 Å². The highest BCUT2D eigenvalue weighted by molar-refractivity contribution is 14.0. The Morgan fingerprint density at radius 1 is 1.33 bits per heavy atom. The lowest BCUT2D eigenvalue weighted by atomic mass is 10.3. The highest BCUT2D eigenvalue weighted by atomic mass is 127. The number of aryl methyl sites for hydroxylation is 2. The van der Waals surface area contributed by atoms with Crippen molar-refractivity contribution >= 4 is 41.3 Å². The van der Waals surface area contributed by atoms with Crippen molar-refractivity contribution in [3.8, 4) is 0 Å². The van der Waals surface area contributed by atoms with Gasteiger partial charge in [0.2, 0.25) is 0 Å². The predicted octanol–water partition coefficient (Wildman–Crippen LogP) is 2.56. The van der Waals surface area contributed by atoms with E-state index < -0.39 is 0 Å². The van der Waals surface area contributed by atoms with E-state index >= 15 is 0 Å². The second kappa shape index (κ2) is 11.0. The van der Waals surface area contributed by atoms with E-state index in [1.807, 2.05) is 24.5 Å². The Kier molecular flexibility index (Phi) is 8.97. The fourth-order valence-electron chi connectivity index (χ4n) is 3.20. The van der Waals surface area contributed by atoms with Crippen molar-refractivity contribution in [1.82, 2.24) is 25.3 Å². The number of guanidine groups is 1. The van der Waals surface area contributed by atoms with Gasteiger partial charge < -0.3 is 14.7 Å². The van der Waals surface area contributed by atoms with Crippen molar-refractivity contribution in [1.29, 1.82) is 0 Å². The molecule has 0 unspecified atom stereocenters. The first-order chi connectivity index (χ1) is 12.7. The molecule has 0 radical (unpaired) electrons. The first-order valence-corrected chi connectivity index (χ1v) is 10.0. The Bertz CT molecular complexity index is 710. The first kappa shape index (κ1) is 22.1. The number of hydrogen-bond donors (Lipinski definition) is 1. The molecular weight excluding hydrogens is 475 g/mol. The molecule has 1 aliphatic rings. The van der Waals surface area contributed by atoms with Crippen LogP contribution in [0.1, 0.15) is 28.2 Å². The normalized spacial score (nSPS) is 15.7. The van der Waals surface area contributed by atoms with Gasteiger partial charge in [0.25, 0.3) is 0 Å². The number of rotatable bonds is 6. The minimum absolute atomic E-state index is 0. The number of aliphatic imine (C=N–C) groups is 1. The minimum Gasteiger partial charge on any atom is -0.364 e. The number of thiazole rings is 1. The van der Waals surface area contributed by atoms with E-state index in [-0.39, 0.29) is 24.0 Å². The topological polar surface area (TPSA) is 69.8 Å². The van der Waals surface area contributed by atoms with Gasteiger partial charge in [0, 0.05) is 63.7 Å². The molecule has 1 saturated heterocycles. The summed E-state index contributed by atoms with van der Waals surface area (Å²) in [5.41, 5.74) is 2.23. The summed E-state index contributed by atoms with van der Waals surface area (Å²) < 4.78 is 4.91. The van der Waals surface area contributed by atoms with E-state index in [9.17, 15) is 0 Å². The maximum atomic E-state index is 4.91. The van der Waals surface area contributed by atoms with Crippen molar-refractivity contribution in [3.63, 3.8) is 0 Å². The molecule has 3 heterocycles. The predicted molar refractivity (Wildman–Crippen MR) is 120 cm³/mol. The zero-order valence-electron chi connectivity index (χ0n) is 16.3. The fraction of sp³-hybridized carbons (Fsp3) is 0.611. The van der Waals surface area contributed by atoms with Crippen LogP contribution < -0.4 is 5.32 Å². The van der Waals surface area contributed by atoms with Crippen LogP contribution in [-0.2, 0) is 19.4 Å². The molecule has 1 fully saturated rings. The van der Waals surface area contributed by atoms with Crippen LogP contribution in [0.25, 0.3) is 0 Å². The maximum absolute atomic E-state index is 4.91. The number of aromatic nitrogens is 2. The standard InChI is InChI=1S/C18H28N6OS.HI/c1-4-16-14(2)26-17(21-16)5-7-20-18(19-3)24-10-8-23(9-11-24)13-15-6-12-25-22-15;/h6,12H,4-5,7-11,13H2,1-3H3,(H,19,20);1H. The van der Waals surface area contributed by atoms with Gasteiger partial charge in [-0.05, 0) is 13.3 Å². The van der Waals surface area contributed by atoms with Crippen LogP contribution in [-0.4, -0.2) is 65.7 Å². The van der Waals surface area contributed by atoms with Gasteiger partial charge in [0.05, 0.1) is 16.4 Å². The van der Waals surface area contributed by atoms with Gasteiger partial charge in [0.15, 0.2) is 5.96 Å². The highest BCUT2D eigenvalue weighted by Gasteiger charge is 2.20. The molecule has 150 valence electrons. The third kappa shape index (κ3) is 6.15. The maximum Gasteiger partial charge on any atom is 0.193 e. The average molecular weight is 504 g/mol. The molecule has 0 spiro atoms. The second-order valence-electron chi connectivity index (χ2n) is 6.44. The summed E-state index contributed by atoms with van der Waals surface area (Å²) in [5, 5.41) is 8.69. The molecule has 27 heavy (non-hydrogen) atoms. The Morgan fingerprint density at radius 3 is 2.70 bits per heavy atom. The molecule has 0 amide bonds. The van der Waals surface area contributed by atoms with Gasteiger partial charge >= 0.3 is 0 Å². The summed E-state index contributed by atoms with van der Waals surface area (Å²) in [5.74, 6) is 0.982. The van der Waals surface area contributed by atoms with E-state index in [4.69, 9.17) is 9.51 Å². The van der Waals surface area contributed by atoms with Crippen LogP contribution in [0.15, 0.2) is 21.8 Å². The number of hydrogen-bond acceptors (Lipinski definition) is 6. The molecule has 7 nitrogen and oxygen atoms in total. The van der Waals surface area contributed by atoms with E-state index in [1.165, 1.54) is 15.6 Å². The smallest absolute Gasteiger partial charge is 0.193 e. The van der Waals surface area contributed by atoms with Gasteiger partial charge in [-0.15, -0.1) is 35.3 Å². The number of nitrogens with zero attached hydrogens (tertiary/aromatic N) is 5. The molecule has 0 aliphatic carbocycles. The second-order valence-corrected chi connectivity index (χ2v) is 7.73. The third-order valence-corrected chi connectivity index (χ3v) is 5.73. The van der Waals surface area contributed by atoms with Crippen LogP contribution in [0.4, 0.5) is 0 Å². The molecule has 0 aromatic carbocycles. The van der Waals surface area contributed by atoms with Crippen molar-refractivity contribution < 1.29 is 4.52 Å². The van der Waals surface area contributed by atoms with Gasteiger partial charge in [-0.1, -0.05) is 12.1 Å². The molecule has 9 heteroatoms. The summed E-state index contributed by atoms with van der Waals surface area (Å²) >= 11 is 1.81. The lowest BCUT2D eigenvalue weighted by Crippen LogP contribution is -2.52. The van der Waals surface area contributed by atoms with Crippen molar-refractivity contribution in [2.75, 3.05) is 39.8 Å². The molecule has 2 aromatic rings. The number of halogens is 1. The molecule has 2 aromatic heterocycles. The van der Waals surface area contributed by atoms with Gasteiger partial charge in [0.1, 0.15) is 6.26 Å². The Labute approximate surface area is 182 Å². The van der Waals surface area contributed by atoms with Crippen LogP contribution in [0.3, 0.4) is 0 Å². The number of piperazine rings is 1. The molecular formula is C18H29IN6OS. The van der Waals surface area contributed by atoms with Crippen molar-refractivity contribution in [2.45, 2.75) is 33.2 Å². The largest absolute Gasteiger partial charge is 0.364 e. The van der Waals surface area contributed by atoms with Crippen LogP contribution in [0.5, 0.6) is 0 Å². The van der Waals surface area contributed by atoms with E-state index in [0.717, 1.165) is 63.8 Å². The Hall–Kier alpha value is -1.20. The molecule has 3 rings (SSSR count). The third-order valence-electron chi connectivity index (χ3n) is 4.65. The Balaban J connectivity index is 0.00000261. The summed E-state index contributed by atoms with van der Waals surface area (Å²) in [6.45, 7) is 9.96. The zero-order chi connectivity index (χ0) is 18.4. The summed E-state index contributed by atoms with van der Waals surface area (Å²) in [6.07, 6.45) is 3.58. The number of nitrogens with one attached hydrogen (secondary N) is 1. The van der Waals surface area contributed by atoms with Gasteiger partial charge in [-0.3, -0.25) is 9.89 Å². The molecule has 1 N–H and O–H groups in total. The van der Waals surface area contributed by atoms with Crippen LogP contribution in [0, 0.1) is 6.92 Å². The molecule has 0 atom stereocenters. The van der Waals surface area contributed by atoms with E-state index in [2.05, 4.69) is 39.1 Å². The zero-order valence-corrected chi connectivity index (χ0v) is 19.4. The van der Waals surface area contributed by atoms with Crippen molar-refractivity contribution in [3.05, 3.63) is 33.6 Å². The highest BCUT2D eigenvalue weighted by Crippen LogP contribution is 2.18. The lowest BCUT2D eigenvalue weighted by molar-refractivity contribution is 0.169. The quantitative estimate of drug-likeness (QED) is 0.371. The molecule has 0 bridgehead atoms. The average Bonchev–Trinajstić information content (AvgIpc) is 3.29. The van der Waals surface area contributed by atoms with Crippen molar-refractivity contribution in [2.24, 2.45) is 4.99 Å². The first-order valence-electron chi connectivity index (χ1n) is 9.22. The summed E-state index contributed by atoms with van der Waals surface area (Å²) in [4.78, 5) is 15.2. The monoisotopic (exact) mass is 504 g/mol.